The number of benzene rings is 1. The predicted octanol–water partition coefficient (Wildman–Crippen LogP) is 2.54. The van der Waals surface area contributed by atoms with Crippen molar-refractivity contribution in [2.75, 3.05) is 6.26 Å². The molecule has 0 fully saturated rings. The molecule has 1 rings (SSSR count). The van der Waals surface area contributed by atoms with E-state index in [1.54, 1.807) is 0 Å². The third kappa shape index (κ3) is 2.80. The summed E-state index contributed by atoms with van der Waals surface area (Å²) in [6, 6.07) is 4.90. The van der Waals surface area contributed by atoms with Gasteiger partial charge in [-0.25, -0.2) is 12.8 Å². The molecule has 3 nitrogen and oxygen atoms in total. The zero-order valence-electron chi connectivity index (χ0n) is 8.08. The van der Waals surface area contributed by atoms with E-state index >= 15 is 0 Å². The second-order valence-corrected chi connectivity index (χ2v) is 10.8. The van der Waals surface area contributed by atoms with Crippen LogP contribution in [0.1, 0.15) is 10.4 Å². The molecule has 88 valence electrons. The molecule has 1 aromatic carbocycles. The Hall–Kier alpha value is -0.0200. The molecular formula is C9H7BrFIO3S. The van der Waals surface area contributed by atoms with E-state index in [9.17, 15) is 17.6 Å². The van der Waals surface area contributed by atoms with Gasteiger partial charge in [0.25, 0.3) is 0 Å². The Labute approximate surface area is 115 Å². The third-order valence-electron chi connectivity index (χ3n) is 1.82. The molecule has 0 aromatic heterocycles. The molecule has 0 aliphatic carbocycles. The Balaban J connectivity index is 3.23. The lowest BCUT2D eigenvalue weighted by Crippen LogP contribution is -2.33. The molecule has 0 unspecified atom stereocenters. The van der Waals surface area contributed by atoms with Gasteiger partial charge >= 0.3 is 0 Å². The number of halogens is 3. The first-order valence-corrected chi connectivity index (χ1v) is 7.80. The highest BCUT2D eigenvalue weighted by molar-refractivity contribution is 14.1. The van der Waals surface area contributed by atoms with Crippen LogP contribution in [0.3, 0.4) is 0 Å². The van der Waals surface area contributed by atoms with Crippen LogP contribution < -0.4 is 0 Å². The van der Waals surface area contributed by atoms with Crippen LogP contribution in [0.2, 0.25) is 0 Å². The topological polar surface area (TPSA) is 51.2 Å². The molecule has 0 N–H and O–H groups in total. The Morgan fingerprint density at radius 2 is 2.06 bits per heavy atom. The van der Waals surface area contributed by atoms with Crippen LogP contribution in [0.25, 0.3) is 0 Å². The number of Topliss-reactive ketones (excluding diaryl/α,β-unsaturated/α-hetero) is 1. The molecule has 0 aliphatic rings. The van der Waals surface area contributed by atoms with Gasteiger partial charge in [-0.15, -0.1) is 0 Å². The van der Waals surface area contributed by atoms with E-state index in [1.165, 1.54) is 40.8 Å². The largest absolute Gasteiger partial charge is 0.290 e. The van der Waals surface area contributed by atoms with Gasteiger partial charge in [0.1, 0.15) is 5.82 Å². The Bertz CT molecular complexity index is 527. The lowest BCUT2D eigenvalue weighted by molar-refractivity contribution is 0.101. The van der Waals surface area contributed by atoms with E-state index in [1.807, 2.05) is 0 Å². The highest BCUT2D eigenvalue weighted by atomic mass is 127. The van der Waals surface area contributed by atoms with Crippen molar-refractivity contribution >= 4 is 54.1 Å². The number of carbonyl (C=O) groups is 1. The van der Waals surface area contributed by atoms with Gasteiger partial charge in [-0.1, -0.05) is 12.1 Å². The molecule has 0 amide bonds. The lowest BCUT2D eigenvalue weighted by Gasteiger charge is -2.16. The molecule has 0 spiro atoms. The van der Waals surface area contributed by atoms with Gasteiger partial charge < -0.3 is 0 Å². The normalized spacial score (nSPS) is 15.5. The smallest absolute Gasteiger partial charge is 0.238 e. The van der Waals surface area contributed by atoms with Crippen LogP contribution >= 0.6 is 38.5 Å². The highest BCUT2D eigenvalue weighted by Crippen LogP contribution is 2.36. The van der Waals surface area contributed by atoms with Gasteiger partial charge in [0, 0.05) is 11.8 Å². The zero-order chi connectivity index (χ0) is 12.6. The predicted molar refractivity (Wildman–Crippen MR) is 71.3 cm³/mol. The summed E-state index contributed by atoms with van der Waals surface area (Å²) >= 11 is 4.34. The van der Waals surface area contributed by atoms with E-state index in [0.717, 1.165) is 12.3 Å². The van der Waals surface area contributed by atoms with E-state index in [-0.39, 0.29) is 5.56 Å². The summed E-state index contributed by atoms with van der Waals surface area (Å²) in [7, 11) is -3.63. The summed E-state index contributed by atoms with van der Waals surface area (Å²) in [5, 5.41) is 0. The van der Waals surface area contributed by atoms with Crippen molar-refractivity contribution in [3.63, 3.8) is 0 Å². The Kier molecular flexibility index (Phi) is 4.12. The van der Waals surface area contributed by atoms with Crippen molar-refractivity contribution in [1.82, 2.24) is 0 Å². The standard InChI is InChI=1S/C9H7BrFIO3S/c1-16(14,15)9(10,12)8(13)6-3-2-4-7(11)5-6/h2-5H,1H3/t9-/m0/s1. The number of sulfone groups is 1. The van der Waals surface area contributed by atoms with Crippen LogP contribution in [-0.2, 0) is 9.84 Å². The molecule has 0 heterocycles. The summed E-state index contributed by atoms with van der Waals surface area (Å²) in [5.41, 5.74) is 0.0108. The summed E-state index contributed by atoms with van der Waals surface area (Å²) in [5.74, 6) is -1.28. The number of alkyl halides is 2. The molecule has 0 saturated heterocycles. The summed E-state index contributed by atoms with van der Waals surface area (Å²) < 4.78 is 33.9. The van der Waals surface area contributed by atoms with Gasteiger partial charge in [0.2, 0.25) is 7.45 Å². The first-order chi connectivity index (χ1) is 7.16. The molecular weight excluding hydrogens is 414 g/mol. The van der Waals surface area contributed by atoms with E-state index < -0.39 is 23.1 Å². The molecule has 1 atom stereocenters. The first-order valence-electron chi connectivity index (χ1n) is 4.04. The lowest BCUT2D eigenvalue weighted by atomic mass is 10.1. The maximum absolute atomic E-state index is 12.9. The minimum absolute atomic E-state index is 0.0108. The quantitative estimate of drug-likeness (QED) is 0.429. The van der Waals surface area contributed by atoms with Crippen LogP contribution in [0, 0.1) is 5.82 Å². The summed E-state index contributed by atoms with van der Waals surface area (Å²) in [6.07, 6.45) is 0.936. The van der Waals surface area contributed by atoms with Crippen LogP contribution in [0.15, 0.2) is 24.3 Å². The van der Waals surface area contributed by atoms with Crippen molar-refractivity contribution in [3.8, 4) is 0 Å². The van der Waals surface area contributed by atoms with Crippen molar-refractivity contribution < 1.29 is 17.6 Å². The van der Waals surface area contributed by atoms with Crippen molar-refractivity contribution in [2.45, 2.75) is 1.66 Å². The van der Waals surface area contributed by atoms with E-state index in [4.69, 9.17) is 0 Å². The highest BCUT2D eigenvalue weighted by Gasteiger charge is 2.43. The number of ketones is 1. The number of hydrogen-bond acceptors (Lipinski definition) is 3. The average molecular weight is 421 g/mol. The van der Waals surface area contributed by atoms with Gasteiger partial charge in [-0.3, -0.25) is 4.79 Å². The third-order valence-corrected chi connectivity index (χ3v) is 7.95. The van der Waals surface area contributed by atoms with Crippen molar-refractivity contribution in [1.29, 1.82) is 0 Å². The number of carbonyl (C=O) groups excluding carboxylic acids is 1. The SMILES string of the molecule is CS(=O)(=O)[C@@](Br)(I)C(=O)c1cccc(F)c1. The fraction of sp³-hybridized carbons (Fsp3) is 0.222. The van der Waals surface area contributed by atoms with E-state index in [2.05, 4.69) is 15.9 Å². The average Bonchev–Trinajstić information content (AvgIpc) is 2.14. The Morgan fingerprint density at radius 1 is 1.50 bits per heavy atom. The molecule has 0 aliphatic heterocycles. The van der Waals surface area contributed by atoms with Gasteiger partial charge in [-0.05, 0) is 50.7 Å². The zero-order valence-corrected chi connectivity index (χ0v) is 12.6. The Morgan fingerprint density at radius 3 is 2.50 bits per heavy atom. The maximum Gasteiger partial charge on any atom is 0.238 e. The minimum Gasteiger partial charge on any atom is -0.290 e. The monoisotopic (exact) mass is 420 g/mol. The summed E-state index contributed by atoms with van der Waals surface area (Å²) in [4.78, 5) is 11.9. The molecule has 0 saturated carbocycles. The van der Waals surface area contributed by atoms with Crippen LogP contribution in [0.5, 0.6) is 0 Å². The minimum atomic E-state index is -3.63. The van der Waals surface area contributed by atoms with Crippen LogP contribution in [-0.4, -0.2) is 22.1 Å². The number of rotatable bonds is 3. The number of hydrogen-bond donors (Lipinski definition) is 0. The fourth-order valence-corrected chi connectivity index (χ4v) is 1.96. The van der Waals surface area contributed by atoms with Gasteiger partial charge in [0.05, 0.1) is 0 Å². The van der Waals surface area contributed by atoms with E-state index in [0.29, 0.717) is 0 Å². The maximum atomic E-state index is 12.9. The molecule has 7 heteroatoms. The molecule has 16 heavy (non-hydrogen) atoms. The summed E-state index contributed by atoms with van der Waals surface area (Å²) in [6.45, 7) is 0. The van der Waals surface area contributed by atoms with Gasteiger partial charge in [0.15, 0.2) is 9.84 Å². The molecule has 0 bridgehead atoms. The second-order valence-electron chi connectivity index (χ2n) is 3.13. The fourth-order valence-electron chi connectivity index (χ4n) is 0.966. The van der Waals surface area contributed by atoms with Crippen molar-refractivity contribution in [2.24, 2.45) is 0 Å². The van der Waals surface area contributed by atoms with Gasteiger partial charge in [-0.2, -0.15) is 0 Å². The van der Waals surface area contributed by atoms with Crippen LogP contribution in [0.4, 0.5) is 4.39 Å². The molecule has 0 radical (unpaired) electrons. The van der Waals surface area contributed by atoms with Crippen molar-refractivity contribution in [3.05, 3.63) is 35.6 Å². The molecule has 1 aromatic rings. The second kappa shape index (κ2) is 4.69. The first kappa shape index (κ1) is 14.0.